The number of hydrogen-bond acceptors (Lipinski definition) is 5. The molecule has 0 spiro atoms. The largest absolute Gasteiger partial charge is 0.493 e. The number of benzene rings is 2. The molecule has 0 saturated carbocycles. The zero-order valence-electron chi connectivity index (χ0n) is 16.4. The number of ether oxygens (including phenoxy) is 2. The van der Waals surface area contributed by atoms with Gasteiger partial charge in [0.05, 0.1) is 20.3 Å². The summed E-state index contributed by atoms with van der Waals surface area (Å²) in [5.41, 5.74) is 1.67. The van der Waals surface area contributed by atoms with E-state index in [1.165, 1.54) is 12.1 Å². The number of carbonyl (C=O) groups excluding carboxylic acids is 1. The first-order chi connectivity index (χ1) is 13.5. The number of nitrogens with zero attached hydrogens (tertiary/aromatic N) is 2. The van der Waals surface area contributed by atoms with E-state index in [2.05, 4.69) is 15.1 Å². The molecule has 1 amide bonds. The number of nitrogens with one attached hydrogen (secondary N) is 1. The summed E-state index contributed by atoms with van der Waals surface area (Å²) in [5, 5.41) is 2.94. The monoisotopic (exact) mass is 387 g/mol. The van der Waals surface area contributed by atoms with Crippen molar-refractivity contribution in [1.29, 1.82) is 0 Å². The Balaban J connectivity index is 1.56. The van der Waals surface area contributed by atoms with Gasteiger partial charge in [0.15, 0.2) is 11.5 Å². The second-order valence-corrected chi connectivity index (χ2v) is 6.73. The first kappa shape index (κ1) is 19.9. The smallest absolute Gasteiger partial charge is 0.241 e. The molecule has 2 aromatic carbocycles. The Kier molecular flexibility index (Phi) is 6.36. The molecule has 6 nitrogen and oxygen atoms in total. The summed E-state index contributed by atoms with van der Waals surface area (Å²) in [6, 6.07) is 11.6. The number of piperazine rings is 1. The third-order valence-corrected chi connectivity index (χ3v) is 5.08. The fourth-order valence-electron chi connectivity index (χ4n) is 3.35. The first-order valence-electron chi connectivity index (χ1n) is 9.29. The predicted octanol–water partition coefficient (Wildman–Crippen LogP) is 2.99. The van der Waals surface area contributed by atoms with Gasteiger partial charge < -0.3 is 19.7 Å². The van der Waals surface area contributed by atoms with E-state index in [0.717, 1.165) is 31.9 Å². The van der Waals surface area contributed by atoms with Crippen LogP contribution in [-0.4, -0.2) is 57.2 Å². The van der Waals surface area contributed by atoms with Crippen molar-refractivity contribution in [2.45, 2.75) is 13.0 Å². The minimum absolute atomic E-state index is 0.0672. The molecule has 7 heteroatoms. The summed E-state index contributed by atoms with van der Waals surface area (Å²) in [7, 11) is 3.14. The van der Waals surface area contributed by atoms with Crippen LogP contribution in [-0.2, 0) is 4.79 Å². The van der Waals surface area contributed by atoms with Gasteiger partial charge in [-0.25, -0.2) is 4.39 Å². The Labute approximate surface area is 164 Å². The van der Waals surface area contributed by atoms with Crippen molar-refractivity contribution in [3.05, 3.63) is 48.3 Å². The van der Waals surface area contributed by atoms with Crippen molar-refractivity contribution < 1.29 is 18.7 Å². The minimum atomic E-state index is -0.261. The van der Waals surface area contributed by atoms with Crippen LogP contribution in [0, 0.1) is 5.82 Å². The van der Waals surface area contributed by atoms with Crippen LogP contribution < -0.4 is 19.7 Å². The average Bonchev–Trinajstić information content (AvgIpc) is 2.73. The van der Waals surface area contributed by atoms with E-state index in [1.807, 2.05) is 6.92 Å². The molecule has 1 atom stereocenters. The topological polar surface area (TPSA) is 54.0 Å². The lowest BCUT2D eigenvalue weighted by molar-refractivity contribution is -0.120. The van der Waals surface area contributed by atoms with Crippen molar-refractivity contribution in [2.24, 2.45) is 0 Å². The number of hydrogen-bond donors (Lipinski definition) is 1. The lowest BCUT2D eigenvalue weighted by atomic mass is 10.2. The fraction of sp³-hybridized carbons (Fsp3) is 0.381. The molecular weight excluding hydrogens is 361 g/mol. The van der Waals surface area contributed by atoms with Gasteiger partial charge in [-0.2, -0.15) is 0 Å². The fourth-order valence-corrected chi connectivity index (χ4v) is 3.35. The SMILES string of the molecule is COc1ccc(NC(=O)[C@@H](C)N2CCN(c3ccc(F)cc3)CC2)cc1OC. The molecule has 1 aliphatic heterocycles. The van der Waals surface area contributed by atoms with Crippen LogP contribution in [0.25, 0.3) is 0 Å². The van der Waals surface area contributed by atoms with Gasteiger partial charge in [0.1, 0.15) is 5.82 Å². The molecule has 1 N–H and O–H groups in total. The van der Waals surface area contributed by atoms with Gasteiger partial charge in [0.2, 0.25) is 5.91 Å². The standard InChI is InChI=1S/C21H26FN3O3/c1-15(21(26)23-17-6-9-19(27-2)20(14-17)28-3)24-10-12-25(13-11-24)18-7-4-16(22)5-8-18/h4-9,14-15H,10-13H2,1-3H3,(H,23,26)/t15-/m1/s1. The quantitative estimate of drug-likeness (QED) is 0.826. The van der Waals surface area contributed by atoms with Gasteiger partial charge in [-0.1, -0.05) is 0 Å². The molecule has 0 bridgehead atoms. The van der Waals surface area contributed by atoms with Crippen molar-refractivity contribution in [1.82, 2.24) is 4.90 Å². The number of methoxy groups -OCH3 is 2. The average molecular weight is 387 g/mol. The van der Waals surface area contributed by atoms with Gasteiger partial charge in [-0.3, -0.25) is 9.69 Å². The van der Waals surface area contributed by atoms with E-state index in [4.69, 9.17) is 9.47 Å². The van der Waals surface area contributed by atoms with E-state index in [-0.39, 0.29) is 17.8 Å². The van der Waals surface area contributed by atoms with Gasteiger partial charge in [0.25, 0.3) is 0 Å². The second kappa shape index (κ2) is 8.93. The molecule has 0 aromatic heterocycles. The second-order valence-electron chi connectivity index (χ2n) is 6.73. The Hall–Kier alpha value is -2.80. The zero-order valence-corrected chi connectivity index (χ0v) is 16.4. The van der Waals surface area contributed by atoms with E-state index in [0.29, 0.717) is 17.2 Å². The van der Waals surface area contributed by atoms with Crippen LogP contribution in [0.3, 0.4) is 0 Å². The van der Waals surface area contributed by atoms with E-state index in [1.54, 1.807) is 44.6 Å². The lowest BCUT2D eigenvalue weighted by Crippen LogP contribution is -2.52. The summed E-state index contributed by atoms with van der Waals surface area (Å²) < 4.78 is 23.6. The van der Waals surface area contributed by atoms with Crippen molar-refractivity contribution >= 4 is 17.3 Å². The van der Waals surface area contributed by atoms with E-state index >= 15 is 0 Å². The third kappa shape index (κ3) is 4.54. The molecule has 28 heavy (non-hydrogen) atoms. The maximum atomic E-state index is 13.1. The highest BCUT2D eigenvalue weighted by atomic mass is 19.1. The predicted molar refractivity (Wildman–Crippen MR) is 108 cm³/mol. The van der Waals surface area contributed by atoms with Crippen LogP contribution >= 0.6 is 0 Å². The molecular formula is C21H26FN3O3. The Morgan fingerprint density at radius 2 is 1.64 bits per heavy atom. The van der Waals surface area contributed by atoms with Crippen LogP contribution in [0.5, 0.6) is 11.5 Å². The molecule has 2 aromatic rings. The maximum absolute atomic E-state index is 13.1. The highest BCUT2D eigenvalue weighted by Gasteiger charge is 2.26. The molecule has 1 aliphatic rings. The Morgan fingerprint density at radius 1 is 1.00 bits per heavy atom. The van der Waals surface area contributed by atoms with E-state index in [9.17, 15) is 9.18 Å². The molecule has 0 aliphatic carbocycles. The molecule has 1 heterocycles. The molecule has 0 radical (unpaired) electrons. The number of halogens is 1. The van der Waals surface area contributed by atoms with Crippen LogP contribution in [0.2, 0.25) is 0 Å². The molecule has 150 valence electrons. The summed E-state index contributed by atoms with van der Waals surface area (Å²) in [5.74, 6) is 0.886. The zero-order chi connectivity index (χ0) is 20.1. The highest BCUT2D eigenvalue weighted by molar-refractivity contribution is 5.94. The first-order valence-corrected chi connectivity index (χ1v) is 9.29. The van der Waals surface area contributed by atoms with Crippen LogP contribution in [0.4, 0.5) is 15.8 Å². The Morgan fingerprint density at radius 3 is 2.25 bits per heavy atom. The summed E-state index contributed by atoms with van der Waals surface area (Å²) >= 11 is 0. The van der Waals surface area contributed by atoms with E-state index < -0.39 is 0 Å². The van der Waals surface area contributed by atoms with Gasteiger partial charge in [-0.15, -0.1) is 0 Å². The van der Waals surface area contributed by atoms with Crippen molar-refractivity contribution in [3.8, 4) is 11.5 Å². The van der Waals surface area contributed by atoms with Crippen molar-refractivity contribution in [3.63, 3.8) is 0 Å². The number of carbonyl (C=O) groups is 1. The number of amides is 1. The number of anilines is 2. The maximum Gasteiger partial charge on any atom is 0.241 e. The Bertz CT molecular complexity index is 805. The lowest BCUT2D eigenvalue weighted by Gasteiger charge is -2.38. The van der Waals surface area contributed by atoms with Gasteiger partial charge in [-0.05, 0) is 43.3 Å². The number of rotatable bonds is 6. The summed E-state index contributed by atoms with van der Waals surface area (Å²) in [6.45, 7) is 5.01. The van der Waals surface area contributed by atoms with Crippen LogP contribution in [0.15, 0.2) is 42.5 Å². The summed E-state index contributed by atoms with van der Waals surface area (Å²) in [4.78, 5) is 17.0. The molecule has 1 saturated heterocycles. The van der Waals surface area contributed by atoms with Gasteiger partial charge >= 0.3 is 0 Å². The van der Waals surface area contributed by atoms with Crippen LogP contribution in [0.1, 0.15) is 6.92 Å². The van der Waals surface area contributed by atoms with Gasteiger partial charge in [0, 0.05) is 43.6 Å². The highest BCUT2D eigenvalue weighted by Crippen LogP contribution is 2.30. The normalized spacial score (nSPS) is 15.8. The third-order valence-electron chi connectivity index (χ3n) is 5.08. The summed E-state index contributed by atoms with van der Waals surface area (Å²) in [6.07, 6.45) is 0. The molecule has 1 fully saturated rings. The van der Waals surface area contributed by atoms with Crippen molar-refractivity contribution in [2.75, 3.05) is 50.6 Å². The molecule has 0 unspecified atom stereocenters. The molecule has 3 rings (SSSR count). The minimum Gasteiger partial charge on any atom is -0.493 e.